The minimum absolute atomic E-state index is 0.0977. The highest BCUT2D eigenvalue weighted by molar-refractivity contribution is 5.98. The minimum atomic E-state index is -1.10. The normalized spacial score (nSPS) is 14.1. The quantitative estimate of drug-likeness (QED) is 0.860. The first kappa shape index (κ1) is 13.4. The van der Waals surface area contributed by atoms with Crippen molar-refractivity contribution >= 4 is 22.8 Å². The first-order valence-electron chi connectivity index (χ1n) is 6.62. The first-order valence-corrected chi connectivity index (χ1v) is 6.62. The molecular weight excluding hydrogens is 274 g/mol. The van der Waals surface area contributed by atoms with Gasteiger partial charge in [-0.05, 0) is 25.0 Å². The average molecular weight is 287 g/mol. The van der Waals surface area contributed by atoms with E-state index in [-0.39, 0.29) is 11.6 Å². The standard InChI is InChI=1S/C15H13NO5/c17-13(18)8-16(10-5-6-10)14(19)11-7-9-3-1-2-4-12(9)21-15(11)20/h1-4,7,10H,5-6,8H2,(H,17,18). The van der Waals surface area contributed by atoms with Gasteiger partial charge in [0.1, 0.15) is 17.7 Å². The second-order valence-corrected chi connectivity index (χ2v) is 5.04. The molecule has 1 N–H and O–H groups in total. The minimum Gasteiger partial charge on any atom is -0.480 e. The van der Waals surface area contributed by atoms with Crippen LogP contribution < -0.4 is 5.63 Å². The second kappa shape index (κ2) is 5.05. The lowest BCUT2D eigenvalue weighted by molar-refractivity contribution is -0.137. The third-order valence-electron chi connectivity index (χ3n) is 3.43. The van der Waals surface area contributed by atoms with Crippen LogP contribution in [-0.4, -0.2) is 34.5 Å². The fourth-order valence-electron chi connectivity index (χ4n) is 2.26. The van der Waals surface area contributed by atoms with Crippen LogP contribution in [0.3, 0.4) is 0 Å². The van der Waals surface area contributed by atoms with Crippen LogP contribution in [0, 0.1) is 0 Å². The molecule has 0 saturated heterocycles. The highest BCUT2D eigenvalue weighted by atomic mass is 16.4. The Morgan fingerprint density at radius 2 is 2.00 bits per heavy atom. The summed E-state index contributed by atoms with van der Waals surface area (Å²) in [5, 5.41) is 9.53. The fraction of sp³-hybridized carbons (Fsp3) is 0.267. The van der Waals surface area contributed by atoms with E-state index in [1.165, 1.54) is 11.0 Å². The lowest BCUT2D eigenvalue weighted by Crippen LogP contribution is -2.39. The molecule has 0 radical (unpaired) electrons. The van der Waals surface area contributed by atoms with Crippen molar-refractivity contribution in [1.29, 1.82) is 0 Å². The SMILES string of the molecule is O=C(O)CN(C(=O)c1cc2ccccc2oc1=O)C1CC1. The van der Waals surface area contributed by atoms with Gasteiger partial charge in [-0.15, -0.1) is 0 Å². The van der Waals surface area contributed by atoms with Crippen LogP contribution >= 0.6 is 0 Å². The van der Waals surface area contributed by atoms with Crippen LogP contribution in [0.25, 0.3) is 11.0 Å². The van der Waals surface area contributed by atoms with Gasteiger partial charge in [0, 0.05) is 11.4 Å². The van der Waals surface area contributed by atoms with Crippen molar-refractivity contribution in [1.82, 2.24) is 4.90 Å². The average Bonchev–Trinajstić information content (AvgIpc) is 3.27. The molecule has 21 heavy (non-hydrogen) atoms. The van der Waals surface area contributed by atoms with Gasteiger partial charge in [-0.1, -0.05) is 18.2 Å². The van der Waals surface area contributed by atoms with Crippen molar-refractivity contribution in [2.75, 3.05) is 6.54 Å². The summed E-state index contributed by atoms with van der Waals surface area (Å²) in [5.41, 5.74) is -0.466. The lowest BCUT2D eigenvalue weighted by Gasteiger charge is -2.19. The molecule has 0 aliphatic heterocycles. The van der Waals surface area contributed by atoms with Gasteiger partial charge in [0.2, 0.25) is 0 Å². The number of carboxylic acid groups (broad SMARTS) is 1. The number of nitrogens with zero attached hydrogens (tertiary/aromatic N) is 1. The molecule has 1 saturated carbocycles. The second-order valence-electron chi connectivity index (χ2n) is 5.04. The molecule has 0 spiro atoms. The topological polar surface area (TPSA) is 87.8 Å². The largest absolute Gasteiger partial charge is 0.480 e. The molecule has 0 unspecified atom stereocenters. The molecule has 3 rings (SSSR count). The van der Waals surface area contributed by atoms with Gasteiger partial charge in [-0.3, -0.25) is 9.59 Å². The number of carbonyl (C=O) groups excluding carboxylic acids is 1. The summed E-state index contributed by atoms with van der Waals surface area (Å²) in [6.45, 7) is -0.407. The van der Waals surface area contributed by atoms with Gasteiger partial charge in [0.05, 0.1) is 0 Å². The predicted octanol–water partition coefficient (Wildman–Crippen LogP) is 1.48. The maximum Gasteiger partial charge on any atom is 0.349 e. The van der Waals surface area contributed by atoms with Crippen LogP contribution in [0.2, 0.25) is 0 Å². The molecule has 1 aromatic carbocycles. The molecule has 108 valence electrons. The number of aliphatic carboxylic acids is 1. The number of rotatable bonds is 4. The molecular formula is C15H13NO5. The molecule has 0 atom stereocenters. The highest BCUT2D eigenvalue weighted by Gasteiger charge is 2.35. The van der Waals surface area contributed by atoms with E-state index >= 15 is 0 Å². The summed E-state index contributed by atoms with van der Waals surface area (Å²) in [5.74, 6) is -1.68. The Morgan fingerprint density at radius 1 is 1.29 bits per heavy atom. The van der Waals surface area contributed by atoms with E-state index in [4.69, 9.17) is 9.52 Å². The highest BCUT2D eigenvalue weighted by Crippen LogP contribution is 2.28. The van der Waals surface area contributed by atoms with Crippen molar-refractivity contribution in [3.05, 3.63) is 46.3 Å². The predicted molar refractivity (Wildman–Crippen MR) is 74.2 cm³/mol. The lowest BCUT2D eigenvalue weighted by atomic mass is 10.1. The van der Waals surface area contributed by atoms with E-state index < -0.39 is 24.0 Å². The Morgan fingerprint density at radius 3 is 2.67 bits per heavy atom. The van der Waals surface area contributed by atoms with Crippen LogP contribution in [0.1, 0.15) is 23.2 Å². The van der Waals surface area contributed by atoms with Crippen molar-refractivity contribution < 1.29 is 19.1 Å². The number of fused-ring (bicyclic) bond motifs is 1. The van der Waals surface area contributed by atoms with Crippen LogP contribution in [-0.2, 0) is 4.79 Å². The van der Waals surface area contributed by atoms with Crippen LogP contribution in [0.5, 0.6) is 0 Å². The number of hydrogen-bond acceptors (Lipinski definition) is 4. The summed E-state index contributed by atoms with van der Waals surface area (Å²) >= 11 is 0. The van der Waals surface area contributed by atoms with Crippen molar-refractivity contribution in [3.63, 3.8) is 0 Å². The van der Waals surface area contributed by atoms with Crippen LogP contribution in [0.4, 0.5) is 0 Å². The number of carboxylic acids is 1. The van der Waals surface area contributed by atoms with Gasteiger partial charge >= 0.3 is 11.6 Å². The molecule has 1 heterocycles. The number of carbonyl (C=O) groups is 2. The summed E-state index contributed by atoms with van der Waals surface area (Å²) in [6.07, 6.45) is 1.52. The van der Waals surface area contributed by atoms with Crippen molar-refractivity contribution in [2.45, 2.75) is 18.9 Å². The molecule has 0 bridgehead atoms. The Kier molecular flexibility index (Phi) is 3.21. The third-order valence-corrected chi connectivity index (χ3v) is 3.43. The maximum atomic E-state index is 12.4. The van der Waals surface area contributed by atoms with Gasteiger partial charge in [-0.25, -0.2) is 4.79 Å². The number of amides is 1. The number of para-hydroxylation sites is 1. The van der Waals surface area contributed by atoms with Gasteiger partial charge in [0.15, 0.2) is 0 Å². The Labute approximate surface area is 119 Å². The molecule has 1 aromatic heterocycles. The molecule has 1 aliphatic carbocycles. The summed E-state index contributed by atoms with van der Waals surface area (Å²) in [6, 6.07) is 8.23. The van der Waals surface area contributed by atoms with Crippen LogP contribution in [0.15, 0.2) is 39.5 Å². The zero-order chi connectivity index (χ0) is 15.0. The fourth-order valence-corrected chi connectivity index (χ4v) is 2.26. The molecule has 1 fully saturated rings. The van der Waals surface area contributed by atoms with E-state index in [0.29, 0.717) is 11.0 Å². The number of hydrogen-bond donors (Lipinski definition) is 1. The Balaban J connectivity index is 2.01. The summed E-state index contributed by atoms with van der Waals surface area (Å²) in [4.78, 5) is 36.5. The summed E-state index contributed by atoms with van der Waals surface area (Å²) in [7, 11) is 0. The van der Waals surface area contributed by atoms with E-state index in [1.54, 1.807) is 24.3 Å². The Bertz CT molecular complexity index is 775. The molecule has 1 aliphatic rings. The van der Waals surface area contributed by atoms with E-state index in [1.807, 2.05) is 0 Å². The molecule has 6 nitrogen and oxygen atoms in total. The van der Waals surface area contributed by atoms with Gasteiger partial charge in [-0.2, -0.15) is 0 Å². The van der Waals surface area contributed by atoms with Gasteiger partial charge < -0.3 is 14.4 Å². The van der Waals surface area contributed by atoms with Gasteiger partial charge in [0.25, 0.3) is 5.91 Å². The zero-order valence-electron chi connectivity index (χ0n) is 11.1. The van der Waals surface area contributed by atoms with E-state index in [9.17, 15) is 14.4 Å². The van der Waals surface area contributed by atoms with E-state index in [2.05, 4.69) is 0 Å². The van der Waals surface area contributed by atoms with E-state index in [0.717, 1.165) is 12.8 Å². The van der Waals surface area contributed by atoms with Crippen molar-refractivity contribution in [3.8, 4) is 0 Å². The zero-order valence-corrected chi connectivity index (χ0v) is 11.1. The van der Waals surface area contributed by atoms with Crippen molar-refractivity contribution in [2.24, 2.45) is 0 Å². The first-order chi connectivity index (χ1) is 10.1. The smallest absolute Gasteiger partial charge is 0.349 e. The monoisotopic (exact) mass is 287 g/mol. The molecule has 6 heteroatoms. The molecule has 2 aromatic rings. The third kappa shape index (κ3) is 2.65. The maximum absolute atomic E-state index is 12.4. The summed E-state index contributed by atoms with van der Waals surface area (Å²) < 4.78 is 5.12. The Hall–Kier alpha value is -2.63. The number of benzene rings is 1. The molecule has 1 amide bonds.